The maximum absolute atomic E-state index is 13.6. The molecule has 3 fully saturated rings. The van der Waals surface area contributed by atoms with Crippen LogP contribution in [-0.2, 0) is 38.2 Å². The fourth-order valence-electron chi connectivity index (χ4n) is 14.8. The molecule has 420 valence electrons. The van der Waals surface area contributed by atoms with Crippen LogP contribution in [0.5, 0.6) is 5.75 Å². The number of nitrogens with zero attached hydrogens (tertiary/aromatic N) is 2. The van der Waals surface area contributed by atoms with Gasteiger partial charge < -0.3 is 64.0 Å². The molecule has 7 aliphatic rings. The largest absolute Gasteiger partial charge is 0.482 e. The van der Waals surface area contributed by atoms with Crippen molar-refractivity contribution in [3.63, 3.8) is 0 Å². The summed E-state index contributed by atoms with van der Waals surface area (Å²) in [7, 11) is 1.61. The van der Waals surface area contributed by atoms with Crippen molar-refractivity contribution in [3.05, 3.63) is 125 Å². The van der Waals surface area contributed by atoms with Crippen molar-refractivity contribution in [2.45, 2.75) is 170 Å². The highest BCUT2D eigenvalue weighted by Gasteiger charge is 2.68. The minimum Gasteiger partial charge on any atom is -0.482 e. The first-order chi connectivity index (χ1) is 37.7. The van der Waals surface area contributed by atoms with Crippen LogP contribution in [0.1, 0.15) is 135 Å². The summed E-state index contributed by atoms with van der Waals surface area (Å²) < 4.78 is 35.2. The van der Waals surface area contributed by atoms with Gasteiger partial charge in [-0.3, -0.25) is 0 Å². The van der Waals surface area contributed by atoms with Gasteiger partial charge in [-0.2, -0.15) is 5.26 Å². The maximum atomic E-state index is 13.6. The summed E-state index contributed by atoms with van der Waals surface area (Å²) in [5, 5.41) is 92.1. The van der Waals surface area contributed by atoms with Crippen molar-refractivity contribution in [3.8, 4) is 23.8 Å². The molecule has 3 spiro atoms. The summed E-state index contributed by atoms with van der Waals surface area (Å²) in [6.07, 6.45) is 16.1. The SMILES string of the molecule is C=CCc1ccc(O[C@H]2O[C@H]3[C@@H](O)[C@H](O)[C@]24C[C@H]([C@H](O)CC#CO[C@H]3CCCO)[C@@]2(C=C[C@H]3C5(CCCC5)[C@H](Cc5ccc(C(=O)O)cc5)C[C@@]3(O)C2)C=C(CCCCC)O4)cc1C[C@H](COC)[C@@H](CO)n1ccc(C#N)c1. The zero-order valence-electron chi connectivity index (χ0n) is 45.3. The predicted molar refractivity (Wildman–Crippen MR) is 290 cm³/mol. The van der Waals surface area contributed by atoms with E-state index in [1.165, 1.54) is 0 Å². The molecule has 5 heterocycles. The summed E-state index contributed by atoms with van der Waals surface area (Å²) in [5.41, 5.74) is -0.828. The summed E-state index contributed by atoms with van der Waals surface area (Å²) in [6.45, 7) is 6.03. The topological polar surface area (TPSA) is 234 Å². The first kappa shape index (κ1) is 57.2. The van der Waals surface area contributed by atoms with Crippen molar-refractivity contribution in [2.24, 2.45) is 34.5 Å². The molecule has 10 rings (SSSR count). The number of fused-ring (bicyclic) bond motifs is 8. The number of benzene rings is 2. The van der Waals surface area contributed by atoms with Crippen molar-refractivity contribution in [1.82, 2.24) is 4.57 Å². The molecular formula is C63H80N2O13. The molecule has 4 aliphatic heterocycles. The van der Waals surface area contributed by atoms with E-state index in [1.807, 2.05) is 41.0 Å². The summed E-state index contributed by atoms with van der Waals surface area (Å²) in [5.74, 6) is 1.79. The second kappa shape index (κ2) is 24.5. The van der Waals surface area contributed by atoms with E-state index in [0.29, 0.717) is 49.2 Å². The minimum atomic E-state index is -1.87. The highest BCUT2D eigenvalue weighted by molar-refractivity contribution is 5.87. The van der Waals surface area contributed by atoms with Crippen LogP contribution < -0.4 is 4.74 Å². The third-order valence-electron chi connectivity index (χ3n) is 18.6. The molecule has 0 radical (unpaired) electrons. The number of carboxylic acids is 1. The second-order valence-electron chi connectivity index (χ2n) is 23.3. The van der Waals surface area contributed by atoms with E-state index < -0.39 is 71.4 Å². The molecule has 3 aromatic rings. The lowest BCUT2D eigenvalue weighted by Gasteiger charge is -2.53. The number of aromatic nitrogens is 1. The van der Waals surface area contributed by atoms with Crippen LogP contribution in [0.4, 0.5) is 0 Å². The van der Waals surface area contributed by atoms with Crippen LogP contribution in [0.2, 0.25) is 0 Å². The normalized spacial score (nSPS) is 32.4. The number of aliphatic hydroxyl groups excluding tert-OH is 5. The summed E-state index contributed by atoms with van der Waals surface area (Å²) in [6, 6.07) is 16.2. The number of allylic oxidation sites excluding steroid dienone is 4. The molecule has 3 aliphatic carbocycles. The van der Waals surface area contributed by atoms with Crippen molar-refractivity contribution in [1.29, 1.82) is 5.26 Å². The lowest BCUT2D eigenvalue weighted by Crippen LogP contribution is -2.71. The van der Waals surface area contributed by atoms with E-state index in [9.17, 15) is 45.8 Å². The molecule has 3 bridgehead atoms. The van der Waals surface area contributed by atoms with Gasteiger partial charge in [-0.25, -0.2) is 4.79 Å². The minimum absolute atomic E-state index is 0.0229. The Morgan fingerprint density at radius 2 is 1.85 bits per heavy atom. The molecular weight excluding hydrogens is 993 g/mol. The number of aromatic carboxylic acids is 1. The Labute approximate surface area is 459 Å². The quantitative estimate of drug-likeness (QED) is 0.0306. The average molecular weight is 1070 g/mol. The van der Waals surface area contributed by atoms with Gasteiger partial charge in [0.15, 0.2) is 5.60 Å². The third-order valence-corrected chi connectivity index (χ3v) is 18.6. The average Bonchev–Trinajstić information content (AvgIpc) is 4.15. The van der Waals surface area contributed by atoms with E-state index >= 15 is 0 Å². The Morgan fingerprint density at radius 3 is 2.54 bits per heavy atom. The number of hydrogen-bond donors (Lipinski definition) is 7. The van der Waals surface area contributed by atoms with Gasteiger partial charge in [0.05, 0.1) is 47.8 Å². The molecule has 2 saturated carbocycles. The molecule has 7 N–H and O–H groups in total. The Kier molecular flexibility index (Phi) is 18.0. The van der Waals surface area contributed by atoms with Crippen LogP contribution >= 0.6 is 0 Å². The lowest BCUT2D eigenvalue weighted by atomic mass is 9.56. The lowest BCUT2D eigenvalue weighted by molar-refractivity contribution is -0.337. The molecule has 15 heteroatoms. The number of unbranched alkanes of at least 4 members (excludes halogenated alkanes) is 2. The number of nitriles is 1. The molecule has 0 unspecified atom stereocenters. The van der Waals surface area contributed by atoms with Gasteiger partial charge in [0, 0.05) is 68.5 Å². The molecule has 15 nitrogen and oxygen atoms in total. The van der Waals surface area contributed by atoms with Crippen molar-refractivity contribution >= 4 is 5.97 Å². The van der Waals surface area contributed by atoms with Gasteiger partial charge in [-0.05, 0) is 129 Å². The number of ether oxygens (including phenoxy) is 5. The maximum Gasteiger partial charge on any atom is 0.335 e. The number of hydrogen-bond acceptors (Lipinski definition) is 13. The smallest absolute Gasteiger partial charge is 0.335 e. The van der Waals surface area contributed by atoms with E-state index in [-0.39, 0.29) is 80.7 Å². The van der Waals surface area contributed by atoms with Gasteiger partial charge >= 0.3 is 5.97 Å². The molecule has 0 amide bonds. The van der Waals surface area contributed by atoms with Gasteiger partial charge in [0.1, 0.15) is 42.3 Å². The molecule has 2 aromatic carbocycles. The van der Waals surface area contributed by atoms with E-state index in [0.717, 1.165) is 61.6 Å². The number of rotatable bonds is 21. The van der Waals surface area contributed by atoms with Gasteiger partial charge in [0.2, 0.25) is 6.29 Å². The highest BCUT2D eigenvalue weighted by Crippen LogP contribution is 2.68. The Hall–Kier alpha value is -5.46. The van der Waals surface area contributed by atoms with Crippen LogP contribution in [0.25, 0.3) is 0 Å². The van der Waals surface area contributed by atoms with Crippen molar-refractivity contribution in [2.75, 3.05) is 26.9 Å². The van der Waals surface area contributed by atoms with Gasteiger partial charge in [-0.1, -0.05) is 75.0 Å². The van der Waals surface area contributed by atoms with Crippen LogP contribution in [0.15, 0.2) is 97.6 Å². The second-order valence-corrected chi connectivity index (χ2v) is 23.3. The zero-order chi connectivity index (χ0) is 55.2. The number of carboxylic acid groups (broad SMARTS) is 1. The Morgan fingerprint density at radius 1 is 1.05 bits per heavy atom. The van der Waals surface area contributed by atoms with E-state index in [4.69, 9.17) is 23.7 Å². The highest BCUT2D eigenvalue weighted by atomic mass is 16.7. The van der Waals surface area contributed by atoms with Gasteiger partial charge in [-0.15, -0.1) is 6.58 Å². The number of aliphatic hydroxyl groups is 6. The molecule has 78 heavy (non-hydrogen) atoms. The standard InChI is InChI=1S/C63H80N2O13/c1-4-6-7-13-49-34-60(26-22-54-61(24-8-9-25-61)47(33-62(54,73)40-60)30-41-16-18-44(19-17-41)58(71)72)50-35-63(78-49)57(70)55(69)56(53(15-10-28-66)75-29-11-14-52(50)68)77-59(63)76-48-21-20-43(12-5-2)45(32-48)31-46(39-74-3)51(38-67)65-27-23-42(36-64)37-65/h5,16-23,26-27,32,34,37,46-47,50-57,59,66-70,73H,2,4,6-10,12-15,24-25,28,30-31,33,35,38-40H2,1,3H3,(H,71,72)/t46-,47-,50-,51-,52-,53+,54+,55-,56-,57+,59+,60+,62-,63-/m1/s1. The van der Waals surface area contributed by atoms with Crippen LogP contribution in [0.3, 0.4) is 0 Å². The molecule has 1 saturated heterocycles. The summed E-state index contributed by atoms with van der Waals surface area (Å²) in [4.78, 5) is 11.8. The molecule has 14 atom stereocenters. The number of carbonyl (C=O) groups is 1. The van der Waals surface area contributed by atoms with Crippen LogP contribution in [0, 0.1) is 57.9 Å². The predicted octanol–water partition coefficient (Wildman–Crippen LogP) is 7.89. The summed E-state index contributed by atoms with van der Waals surface area (Å²) >= 11 is 0. The molecule has 1 aromatic heterocycles. The monoisotopic (exact) mass is 1070 g/mol. The van der Waals surface area contributed by atoms with Crippen molar-refractivity contribution < 1.29 is 64.2 Å². The van der Waals surface area contributed by atoms with E-state index in [2.05, 4.69) is 49.8 Å². The number of methoxy groups -OCH3 is 1. The Bertz CT molecular complexity index is 2730. The first-order valence-corrected chi connectivity index (χ1v) is 28.3. The zero-order valence-corrected chi connectivity index (χ0v) is 45.3. The van der Waals surface area contributed by atoms with E-state index in [1.54, 1.807) is 37.7 Å². The third kappa shape index (κ3) is 11.3. The van der Waals surface area contributed by atoms with Crippen LogP contribution in [-0.4, -0.2) is 121 Å². The fraction of sp³-hybridized carbons (Fsp3) is 0.587. The Balaban J connectivity index is 1.14. The van der Waals surface area contributed by atoms with Gasteiger partial charge in [0.25, 0.3) is 0 Å². The fourth-order valence-corrected chi connectivity index (χ4v) is 14.8. The first-order valence-electron chi connectivity index (χ1n) is 28.3.